The number of methoxy groups -OCH3 is 1. The minimum atomic E-state index is -0.783. The maximum Gasteiger partial charge on any atom is 0.289 e. The lowest BCUT2D eigenvalue weighted by atomic mass is 9.80. The monoisotopic (exact) mass is 423 g/mol. The Morgan fingerprint density at radius 1 is 0.967 bits per heavy atom. The minimum Gasteiger partial charge on any atom is -0.376 e. The summed E-state index contributed by atoms with van der Waals surface area (Å²) in [4.78, 5) is 38.7. The fraction of sp³-hybridized carbons (Fsp3) is 0.870. The lowest BCUT2D eigenvalue weighted by molar-refractivity contribution is -0.142. The zero-order chi connectivity index (χ0) is 22.0. The molecule has 30 heavy (non-hydrogen) atoms. The van der Waals surface area contributed by atoms with E-state index in [9.17, 15) is 14.4 Å². The van der Waals surface area contributed by atoms with Gasteiger partial charge >= 0.3 is 0 Å². The molecule has 2 aliphatic rings. The number of carbonyl (C=O) groups excluding carboxylic acids is 3. The van der Waals surface area contributed by atoms with Gasteiger partial charge in [-0.2, -0.15) is 0 Å². The molecule has 0 aromatic rings. The van der Waals surface area contributed by atoms with Gasteiger partial charge in [0.2, 0.25) is 11.7 Å². The Morgan fingerprint density at radius 2 is 1.57 bits per heavy atom. The van der Waals surface area contributed by atoms with Gasteiger partial charge in [-0.05, 0) is 39.2 Å². The lowest BCUT2D eigenvalue weighted by Crippen LogP contribution is -2.60. The second kappa shape index (κ2) is 11.8. The predicted molar refractivity (Wildman–Crippen MR) is 117 cm³/mol. The van der Waals surface area contributed by atoms with Gasteiger partial charge in [-0.25, -0.2) is 0 Å². The highest BCUT2D eigenvalue weighted by Crippen LogP contribution is 2.30. The van der Waals surface area contributed by atoms with Crippen LogP contribution in [0.3, 0.4) is 0 Å². The molecule has 0 unspecified atom stereocenters. The number of ether oxygens (including phenoxy) is 1. The van der Waals surface area contributed by atoms with Crippen molar-refractivity contribution in [3.63, 3.8) is 0 Å². The molecule has 0 aliphatic heterocycles. The first kappa shape index (κ1) is 24.8. The van der Waals surface area contributed by atoms with Crippen LogP contribution in [0.1, 0.15) is 90.4 Å². The van der Waals surface area contributed by atoms with E-state index in [1.165, 1.54) is 6.42 Å². The van der Waals surface area contributed by atoms with Crippen LogP contribution in [0.5, 0.6) is 0 Å². The summed E-state index contributed by atoms with van der Waals surface area (Å²) in [5, 5.41) is 8.90. The number of unbranched alkanes of at least 4 members (excludes halogenated alkanes) is 1. The van der Waals surface area contributed by atoms with E-state index in [4.69, 9.17) is 4.74 Å². The fourth-order valence-corrected chi connectivity index (χ4v) is 4.86. The first-order valence-electron chi connectivity index (χ1n) is 11.8. The van der Waals surface area contributed by atoms with E-state index >= 15 is 0 Å². The summed E-state index contributed by atoms with van der Waals surface area (Å²) in [6.07, 6.45) is 11.8. The average Bonchev–Trinajstić information content (AvgIpc) is 2.80. The highest BCUT2D eigenvalue weighted by molar-refractivity contribution is 6.38. The number of Topliss-reactive ketones (excluding diaryl/α,β-unsaturated/α-hetero) is 1. The number of hydrogen-bond acceptors (Lipinski definition) is 5. The van der Waals surface area contributed by atoms with Crippen LogP contribution < -0.4 is 16.0 Å². The lowest BCUT2D eigenvalue weighted by Gasteiger charge is -2.37. The molecule has 0 aromatic heterocycles. The SMILES string of the molecule is CCCC[C@H](NC(=O)C1(NC)CCCCC1)C(=O)C(=O)NCC1(OC)CCCCC1. The van der Waals surface area contributed by atoms with E-state index in [1.54, 1.807) is 14.2 Å². The molecule has 2 amide bonds. The smallest absolute Gasteiger partial charge is 0.289 e. The average molecular weight is 424 g/mol. The number of nitrogens with one attached hydrogen (secondary N) is 3. The van der Waals surface area contributed by atoms with Crippen LogP contribution in [0.4, 0.5) is 0 Å². The van der Waals surface area contributed by atoms with Crippen molar-refractivity contribution in [1.82, 2.24) is 16.0 Å². The number of carbonyl (C=O) groups is 3. The van der Waals surface area contributed by atoms with Crippen LogP contribution in [0.25, 0.3) is 0 Å². The molecule has 0 bridgehead atoms. The molecule has 0 saturated heterocycles. The number of rotatable bonds is 11. The predicted octanol–water partition coefficient (Wildman–Crippen LogP) is 2.62. The van der Waals surface area contributed by atoms with E-state index in [1.807, 2.05) is 6.92 Å². The Morgan fingerprint density at radius 3 is 2.10 bits per heavy atom. The van der Waals surface area contributed by atoms with E-state index in [0.29, 0.717) is 13.0 Å². The molecule has 0 aromatic carbocycles. The van der Waals surface area contributed by atoms with E-state index < -0.39 is 23.3 Å². The molecule has 172 valence electrons. The third kappa shape index (κ3) is 6.27. The van der Waals surface area contributed by atoms with Crippen molar-refractivity contribution in [3.05, 3.63) is 0 Å². The second-order valence-electron chi connectivity index (χ2n) is 9.06. The molecule has 2 saturated carbocycles. The molecule has 0 spiro atoms. The zero-order valence-electron chi connectivity index (χ0n) is 19.1. The highest BCUT2D eigenvalue weighted by atomic mass is 16.5. The minimum absolute atomic E-state index is 0.160. The molecular formula is C23H41N3O4. The van der Waals surface area contributed by atoms with Gasteiger partial charge < -0.3 is 20.7 Å². The summed E-state index contributed by atoms with van der Waals surface area (Å²) < 4.78 is 5.70. The van der Waals surface area contributed by atoms with Gasteiger partial charge in [0.1, 0.15) is 0 Å². The second-order valence-corrected chi connectivity index (χ2v) is 9.06. The molecule has 1 atom stereocenters. The van der Waals surface area contributed by atoms with Crippen molar-refractivity contribution >= 4 is 17.6 Å². The van der Waals surface area contributed by atoms with Crippen molar-refractivity contribution in [1.29, 1.82) is 0 Å². The van der Waals surface area contributed by atoms with Gasteiger partial charge in [0.25, 0.3) is 5.91 Å². The number of likely N-dealkylation sites (N-methyl/N-ethyl adjacent to an activating group) is 1. The third-order valence-corrected chi connectivity index (χ3v) is 7.08. The third-order valence-electron chi connectivity index (χ3n) is 7.08. The summed E-state index contributed by atoms with van der Waals surface area (Å²) in [6, 6.07) is -0.783. The molecule has 7 heteroatoms. The van der Waals surface area contributed by atoms with E-state index in [0.717, 1.165) is 70.6 Å². The first-order chi connectivity index (χ1) is 14.4. The van der Waals surface area contributed by atoms with Gasteiger partial charge in [0.05, 0.1) is 17.2 Å². The molecule has 2 aliphatic carbocycles. The van der Waals surface area contributed by atoms with E-state index in [-0.39, 0.29) is 11.5 Å². The normalized spacial score (nSPS) is 21.4. The van der Waals surface area contributed by atoms with Crippen molar-refractivity contribution in [3.8, 4) is 0 Å². The largest absolute Gasteiger partial charge is 0.376 e. The van der Waals surface area contributed by atoms with Gasteiger partial charge in [0, 0.05) is 13.7 Å². The van der Waals surface area contributed by atoms with Gasteiger partial charge in [-0.15, -0.1) is 0 Å². The number of amides is 2. The molecule has 0 radical (unpaired) electrons. The van der Waals surface area contributed by atoms with E-state index in [2.05, 4.69) is 16.0 Å². The number of ketones is 1. The summed E-state index contributed by atoms with van der Waals surface area (Å²) in [5.41, 5.74) is -1.02. The van der Waals surface area contributed by atoms with Crippen LogP contribution in [0, 0.1) is 0 Å². The molecule has 0 heterocycles. The summed E-state index contributed by atoms with van der Waals surface area (Å²) >= 11 is 0. The van der Waals surface area contributed by atoms with Gasteiger partial charge in [-0.1, -0.05) is 58.3 Å². The van der Waals surface area contributed by atoms with Crippen LogP contribution in [-0.2, 0) is 19.1 Å². The fourth-order valence-electron chi connectivity index (χ4n) is 4.86. The van der Waals surface area contributed by atoms with Crippen molar-refractivity contribution in [2.24, 2.45) is 0 Å². The molecule has 2 rings (SSSR count). The number of hydrogen-bond donors (Lipinski definition) is 3. The van der Waals surface area contributed by atoms with Crippen molar-refractivity contribution in [2.75, 3.05) is 20.7 Å². The molecule has 7 nitrogen and oxygen atoms in total. The van der Waals surface area contributed by atoms with Crippen molar-refractivity contribution < 1.29 is 19.1 Å². The maximum absolute atomic E-state index is 13.1. The standard InChI is InChI=1S/C23H41N3O4/c1-4-5-12-18(26-21(29)23(24-2)15-10-7-11-16-23)19(27)20(28)25-17-22(30-3)13-8-6-9-14-22/h18,24H,4-17H2,1-3H3,(H,25,28)(H,26,29)/t18-/m0/s1. The zero-order valence-corrected chi connectivity index (χ0v) is 19.1. The molecule has 3 N–H and O–H groups in total. The Balaban J connectivity index is 2.00. The Bertz CT molecular complexity index is 581. The van der Waals surface area contributed by atoms with Crippen LogP contribution >= 0.6 is 0 Å². The van der Waals surface area contributed by atoms with Crippen LogP contribution in [0.2, 0.25) is 0 Å². The topological polar surface area (TPSA) is 96.5 Å². The summed E-state index contributed by atoms with van der Waals surface area (Å²) in [7, 11) is 3.47. The molecular weight excluding hydrogens is 382 g/mol. The Kier molecular flexibility index (Phi) is 9.75. The first-order valence-corrected chi connectivity index (χ1v) is 11.8. The highest BCUT2D eigenvalue weighted by Gasteiger charge is 2.40. The summed E-state index contributed by atoms with van der Waals surface area (Å²) in [5.74, 6) is -1.34. The molecule has 2 fully saturated rings. The van der Waals surface area contributed by atoms with Crippen LogP contribution in [-0.4, -0.2) is 55.5 Å². The van der Waals surface area contributed by atoms with Crippen molar-refractivity contribution in [2.45, 2.75) is 108 Å². The maximum atomic E-state index is 13.1. The van der Waals surface area contributed by atoms with Gasteiger partial charge in [0.15, 0.2) is 0 Å². The Hall–Kier alpha value is -1.47. The van der Waals surface area contributed by atoms with Gasteiger partial charge in [-0.3, -0.25) is 14.4 Å². The quantitative estimate of drug-likeness (QED) is 0.444. The Labute approximate surface area is 181 Å². The van der Waals surface area contributed by atoms with Crippen LogP contribution in [0.15, 0.2) is 0 Å². The summed E-state index contributed by atoms with van der Waals surface area (Å²) in [6.45, 7) is 2.37.